The van der Waals surface area contributed by atoms with Crippen molar-refractivity contribution in [2.45, 2.75) is 12.6 Å². The summed E-state index contributed by atoms with van der Waals surface area (Å²) in [6.45, 7) is 0.565. The van der Waals surface area contributed by atoms with Crippen molar-refractivity contribution >= 4 is 23.2 Å². The summed E-state index contributed by atoms with van der Waals surface area (Å²) in [6, 6.07) is 7.00. The van der Waals surface area contributed by atoms with Gasteiger partial charge in [-0.05, 0) is 49.4 Å². The van der Waals surface area contributed by atoms with Gasteiger partial charge in [0.25, 0.3) is 0 Å². The average Bonchev–Trinajstić information content (AvgIpc) is 2.54. The largest absolute Gasteiger partial charge is 0.418 e. The van der Waals surface area contributed by atoms with Crippen molar-refractivity contribution < 1.29 is 18.0 Å². The van der Waals surface area contributed by atoms with Gasteiger partial charge in [0.15, 0.2) is 0 Å². The average molecular weight is 372 g/mol. The van der Waals surface area contributed by atoms with Crippen molar-refractivity contribution in [3.63, 3.8) is 0 Å². The maximum absolute atomic E-state index is 13.0. The molecular formula is C17H17ClF3N3O. The zero-order valence-electron chi connectivity index (χ0n) is 13.5. The van der Waals surface area contributed by atoms with E-state index in [4.69, 9.17) is 11.6 Å². The third kappa shape index (κ3) is 6.03. The molecule has 8 heteroatoms. The summed E-state index contributed by atoms with van der Waals surface area (Å²) in [5, 5.41) is 2.26. The van der Waals surface area contributed by atoms with E-state index in [2.05, 4.69) is 10.3 Å². The number of nitrogens with zero attached hydrogens (tertiary/aromatic N) is 2. The van der Waals surface area contributed by atoms with E-state index in [9.17, 15) is 18.0 Å². The minimum absolute atomic E-state index is 0.0228. The zero-order valence-corrected chi connectivity index (χ0v) is 14.2. The molecule has 1 aromatic heterocycles. The van der Waals surface area contributed by atoms with Crippen LogP contribution in [0, 0.1) is 0 Å². The van der Waals surface area contributed by atoms with Crippen molar-refractivity contribution in [1.82, 2.24) is 9.88 Å². The van der Waals surface area contributed by atoms with Crippen molar-refractivity contribution in [2.24, 2.45) is 0 Å². The molecule has 1 N–H and O–H groups in total. The first-order chi connectivity index (χ1) is 11.8. The molecule has 0 saturated carbocycles. The van der Waals surface area contributed by atoms with Crippen LogP contribution in [-0.2, 0) is 17.4 Å². The van der Waals surface area contributed by atoms with Crippen LogP contribution in [0.3, 0.4) is 0 Å². The summed E-state index contributed by atoms with van der Waals surface area (Å²) >= 11 is 5.62. The number of pyridine rings is 1. The van der Waals surface area contributed by atoms with Crippen LogP contribution in [0.15, 0.2) is 42.7 Å². The molecule has 0 unspecified atom stereocenters. The standard InChI is InChI=1S/C17H17ClF3N3O/c1-24(9-6-12-4-7-22-8-5-12)11-16(25)23-15-3-2-13(18)10-14(15)17(19,20)21/h2-5,7-8,10H,6,9,11H2,1H3,(H,23,25). The van der Waals surface area contributed by atoms with Crippen LogP contribution in [0.2, 0.25) is 5.02 Å². The lowest BCUT2D eigenvalue weighted by Crippen LogP contribution is -2.32. The van der Waals surface area contributed by atoms with E-state index >= 15 is 0 Å². The molecule has 0 aliphatic rings. The Balaban J connectivity index is 1.94. The number of halogens is 4. The van der Waals surface area contributed by atoms with E-state index in [0.717, 1.165) is 17.7 Å². The van der Waals surface area contributed by atoms with Crippen molar-refractivity contribution in [2.75, 3.05) is 25.5 Å². The maximum Gasteiger partial charge on any atom is 0.418 e. The van der Waals surface area contributed by atoms with Gasteiger partial charge in [-0.1, -0.05) is 11.6 Å². The number of anilines is 1. The Labute approximate surface area is 148 Å². The minimum atomic E-state index is -4.60. The molecule has 1 aromatic carbocycles. The second kappa shape index (κ2) is 8.31. The van der Waals surface area contributed by atoms with Gasteiger partial charge in [-0.3, -0.25) is 14.7 Å². The molecule has 1 heterocycles. The highest BCUT2D eigenvalue weighted by molar-refractivity contribution is 6.30. The predicted molar refractivity (Wildman–Crippen MR) is 90.5 cm³/mol. The highest BCUT2D eigenvalue weighted by Crippen LogP contribution is 2.36. The number of likely N-dealkylation sites (N-methyl/N-ethyl adjacent to an activating group) is 1. The first-order valence-corrected chi connectivity index (χ1v) is 7.87. The highest BCUT2D eigenvalue weighted by Gasteiger charge is 2.34. The third-order valence-electron chi connectivity index (χ3n) is 3.51. The molecule has 134 valence electrons. The number of benzene rings is 1. The molecule has 4 nitrogen and oxygen atoms in total. The topological polar surface area (TPSA) is 45.2 Å². The Morgan fingerprint density at radius 2 is 1.92 bits per heavy atom. The summed E-state index contributed by atoms with van der Waals surface area (Å²) in [5.74, 6) is -0.523. The first kappa shape index (κ1) is 19.2. The van der Waals surface area contributed by atoms with Gasteiger partial charge >= 0.3 is 6.18 Å². The van der Waals surface area contributed by atoms with E-state index in [0.29, 0.717) is 13.0 Å². The fourth-order valence-electron chi connectivity index (χ4n) is 2.24. The van der Waals surface area contributed by atoms with Gasteiger partial charge in [-0.2, -0.15) is 13.2 Å². The SMILES string of the molecule is CN(CCc1ccncc1)CC(=O)Nc1ccc(Cl)cc1C(F)(F)F. The number of hydrogen-bond acceptors (Lipinski definition) is 3. The molecule has 0 fully saturated rings. The van der Waals surface area contributed by atoms with E-state index in [1.165, 1.54) is 6.07 Å². The normalized spacial score (nSPS) is 11.6. The van der Waals surface area contributed by atoms with E-state index in [1.54, 1.807) is 24.3 Å². The molecule has 0 atom stereocenters. The molecule has 2 aromatic rings. The molecule has 25 heavy (non-hydrogen) atoms. The number of carbonyl (C=O) groups is 1. The summed E-state index contributed by atoms with van der Waals surface area (Å²) in [4.78, 5) is 17.7. The van der Waals surface area contributed by atoms with Crippen LogP contribution in [0.25, 0.3) is 0 Å². The molecule has 0 aliphatic heterocycles. The summed E-state index contributed by atoms with van der Waals surface area (Å²) in [5.41, 5.74) is -0.198. The van der Waals surface area contributed by atoms with Crippen molar-refractivity contribution in [1.29, 1.82) is 0 Å². The van der Waals surface area contributed by atoms with Gasteiger partial charge in [0.1, 0.15) is 0 Å². The van der Waals surface area contributed by atoms with Gasteiger partial charge in [0.05, 0.1) is 17.8 Å². The van der Waals surface area contributed by atoms with Gasteiger partial charge in [-0.25, -0.2) is 0 Å². The Morgan fingerprint density at radius 3 is 2.56 bits per heavy atom. The Morgan fingerprint density at radius 1 is 1.24 bits per heavy atom. The smallest absolute Gasteiger partial charge is 0.324 e. The number of amides is 1. The lowest BCUT2D eigenvalue weighted by atomic mass is 10.1. The van der Waals surface area contributed by atoms with Crippen LogP contribution in [0.5, 0.6) is 0 Å². The minimum Gasteiger partial charge on any atom is -0.324 e. The van der Waals surface area contributed by atoms with Gasteiger partial charge in [-0.15, -0.1) is 0 Å². The van der Waals surface area contributed by atoms with Crippen molar-refractivity contribution in [3.05, 3.63) is 58.9 Å². The molecule has 0 radical (unpaired) electrons. The van der Waals surface area contributed by atoms with E-state index in [1.807, 2.05) is 12.1 Å². The monoisotopic (exact) mass is 371 g/mol. The number of nitrogens with one attached hydrogen (secondary N) is 1. The molecule has 0 spiro atoms. The summed E-state index contributed by atoms with van der Waals surface area (Å²) in [7, 11) is 1.73. The lowest BCUT2D eigenvalue weighted by Gasteiger charge is -2.18. The number of aromatic nitrogens is 1. The van der Waals surface area contributed by atoms with Crippen LogP contribution in [-0.4, -0.2) is 35.9 Å². The fraction of sp³-hybridized carbons (Fsp3) is 0.294. The maximum atomic E-state index is 13.0. The predicted octanol–water partition coefficient (Wildman–Crippen LogP) is 3.87. The quantitative estimate of drug-likeness (QED) is 0.838. The van der Waals surface area contributed by atoms with Crippen LogP contribution < -0.4 is 5.32 Å². The molecule has 0 saturated heterocycles. The summed E-state index contributed by atoms with van der Waals surface area (Å²) < 4.78 is 39.1. The third-order valence-corrected chi connectivity index (χ3v) is 3.74. The first-order valence-electron chi connectivity index (χ1n) is 7.50. The van der Waals surface area contributed by atoms with E-state index in [-0.39, 0.29) is 17.3 Å². The second-order valence-electron chi connectivity index (χ2n) is 5.58. The van der Waals surface area contributed by atoms with Crippen molar-refractivity contribution in [3.8, 4) is 0 Å². The lowest BCUT2D eigenvalue weighted by molar-refractivity contribution is -0.137. The van der Waals surface area contributed by atoms with Gasteiger partial charge in [0.2, 0.25) is 5.91 Å². The zero-order chi connectivity index (χ0) is 18.4. The molecular weight excluding hydrogens is 355 g/mol. The van der Waals surface area contributed by atoms with Gasteiger partial charge < -0.3 is 5.32 Å². The Kier molecular flexibility index (Phi) is 6.39. The number of hydrogen-bond donors (Lipinski definition) is 1. The highest BCUT2D eigenvalue weighted by atomic mass is 35.5. The molecule has 2 rings (SSSR count). The van der Waals surface area contributed by atoms with Crippen LogP contribution in [0.1, 0.15) is 11.1 Å². The number of carbonyl (C=O) groups excluding carboxylic acids is 1. The summed E-state index contributed by atoms with van der Waals surface area (Å²) in [6.07, 6.45) is -0.524. The Hall–Kier alpha value is -2.12. The molecule has 0 aliphatic carbocycles. The fourth-order valence-corrected chi connectivity index (χ4v) is 2.42. The number of rotatable bonds is 6. The van der Waals surface area contributed by atoms with E-state index < -0.39 is 17.6 Å². The second-order valence-corrected chi connectivity index (χ2v) is 6.02. The van der Waals surface area contributed by atoms with Crippen LogP contribution >= 0.6 is 11.6 Å². The molecule has 1 amide bonds. The van der Waals surface area contributed by atoms with Crippen LogP contribution in [0.4, 0.5) is 18.9 Å². The number of alkyl halides is 3. The Bertz CT molecular complexity index is 723. The van der Waals surface area contributed by atoms with Gasteiger partial charge in [0, 0.05) is 24.0 Å². The molecule has 0 bridgehead atoms.